The number of rotatable bonds is 4. The zero-order valence-electron chi connectivity index (χ0n) is 12.4. The molecule has 1 aliphatic rings. The number of benzene rings is 2. The summed E-state index contributed by atoms with van der Waals surface area (Å²) in [5, 5.41) is 13.9. The molecule has 0 saturated heterocycles. The second kappa shape index (κ2) is 6.54. The van der Waals surface area contributed by atoms with Crippen LogP contribution in [0, 0.1) is 10.1 Å². The second-order valence-electron chi connectivity index (χ2n) is 5.04. The van der Waals surface area contributed by atoms with Crippen LogP contribution in [0.4, 0.5) is 17.1 Å². The van der Waals surface area contributed by atoms with Gasteiger partial charge in [-0.1, -0.05) is 29.3 Å². The fourth-order valence-electron chi connectivity index (χ4n) is 2.27. The normalized spacial score (nSPS) is 14.2. The van der Waals surface area contributed by atoms with Crippen LogP contribution in [0.3, 0.4) is 0 Å². The number of non-ortho nitro benzene ring substituents is 1. The van der Waals surface area contributed by atoms with Gasteiger partial charge in [0.25, 0.3) is 17.5 Å². The summed E-state index contributed by atoms with van der Waals surface area (Å²) >= 11 is 11.8. The Kier molecular flexibility index (Phi) is 4.43. The molecule has 0 spiro atoms. The summed E-state index contributed by atoms with van der Waals surface area (Å²) in [6, 6.07) is 11.6. The molecule has 7 nitrogen and oxygen atoms in total. The first kappa shape index (κ1) is 16.9. The highest BCUT2D eigenvalue weighted by Gasteiger charge is 2.39. The zero-order chi connectivity index (χ0) is 18.1. The molecule has 9 heteroatoms. The summed E-state index contributed by atoms with van der Waals surface area (Å²) in [5.41, 5.74) is 0.226. The third-order valence-corrected chi connectivity index (χ3v) is 4.04. The van der Waals surface area contributed by atoms with Crippen molar-refractivity contribution < 1.29 is 14.5 Å². The summed E-state index contributed by atoms with van der Waals surface area (Å²) in [6.45, 7) is 0. The van der Waals surface area contributed by atoms with Crippen LogP contribution in [-0.4, -0.2) is 16.7 Å². The summed E-state index contributed by atoms with van der Waals surface area (Å²) < 4.78 is 0. The first-order valence-electron chi connectivity index (χ1n) is 6.94. The first-order chi connectivity index (χ1) is 11.9. The van der Waals surface area contributed by atoms with Gasteiger partial charge in [-0.05, 0) is 30.3 Å². The molecular formula is C16H9Cl2N3O4. The highest BCUT2D eigenvalue weighted by atomic mass is 35.5. The largest absolute Gasteiger partial charge is 0.350 e. The van der Waals surface area contributed by atoms with E-state index in [-0.39, 0.29) is 22.1 Å². The predicted octanol–water partition coefficient (Wildman–Crippen LogP) is 3.68. The van der Waals surface area contributed by atoms with Gasteiger partial charge in [0, 0.05) is 22.8 Å². The van der Waals surface area contributed by atoms with E-state index in [2.05, 4.69) is 5.32 Å². The third kappa shape index (κ3) is 3.19. The fraction of sp³-hybridized carbons (Fsp3) is 0. The lowest BCUT2D eigenvalue weighted by Crippen LogP contribution is -2.32. The molecule has 1 heterocycles. The topological polar surface area (TPSA) is 92.6 Å². The predicted molar refractivity (Wildman–Crippen MR) is 93.5 cm³/mol. The van der Waals surface area contributed by atoms with Gasteiger partial charge in [0.2, 0.25) is 0 Å². The minimum absolute atomic E-state index is 0.0651. The SMILES string of the molecule is O=C1C(Cl)=C(Nc2ccc(Cl)cc2)C(=O)N1c1cccc([N+](=O)[O-])c1. The van der Waals surface area contributed by atoms with Crippen molar-refractivity contribution in [1.82, 2.24) is 0 Å². The van der Waals surface area contributed by atoms with E-state index in [1.807, 2.05) is 0 Å². The molecule has 0 aliphatic carbocycles. The second-order valence-corrected chi connectivity index (χ2v) is 5.86. The Morgan fingerprint density at radius 2 is 1.68 bits per heavy atom. The molecule has 0 radical (unpaired) electrons. The number of imide groups is 1. The Bertz CT molecular complexity index is 925. The lowest BCUT2D eigenvalue weighted by Gasteiger charge is -2.14. The first-order valence-corrected chi connectivity index (χ1v) is 7.69. The number of carbonyl (C=O) groups is 2. The van der Waals surface area contributed by atoms with Gasteiger partial charge in [-0.25, -0.2) is 4.90 Å². The Morgan fingerprint density at radius 3 is 2.32 bits per heavy atom. The van der Waals surface area contributed by atoms with Crippen molar-refractivity contribution in [1.29, 1.82) is 0 Å². The van der Waals surface area contributed by atoms with Crippen LogP contribution < -0.4 is 10.2 Å². The van der Waals surface area contributed by atoms with Gasteiger partial charge >= 0.3 is 0 Å². The van der Waals surface area contributed by atoms with E-state index < -0.39 is 16.7 Å². The molecule has 126 valence electrons. The third-order valence-electron chi connectivity index (χ3n) is 3.44. The Balaban J connectivity index is 1.92. The smallest absolute Gasteiger partial charge is 0.283 e. The van der Waals surface area contributed by atoms with Gasteiger partial charge in [-0.15, -0.1) is 0 Å². The maximum Gasteiger partial charge on any atom is 0.283 e. The van der Waals surface area contributed by atoms with E-state index in [9.17, 15) is 19.7 Å². The average molecular weight is 378 g/mol. The summed E-state index contributed by atoms with van der Waals surface area (Å²) in [6.07, 6.45) is 0. The van der Waals surface area contributed by atoms with Crippen LogP contribution in [0.1, 0.15) is 0 Å². The average Bonchev–Trinajstić information content (AvgIpc) is 2.80. The molecular weight excluding hydrogens is 369 g/mol. The Morgan fingerprint density at radius 1 is 1.00 bits per heavy atom. The highest BCUT2D eigenvalue weighted by molar-refractivity contribution is 6.53. The Labute approximate surface area is 151 Å². The van der Waals surface area contributed by atoms with Crippen LogP contribution in [-0.2, 0) is 9.59 Å². The Hall–Kier alpha value is -2.90. The number of hydrogen-bond acceptors (Lipinski definition) is 5. The number of nitro benzene ring substituents is 1. The quantitative estimate of drug-likeness (QED) is 0.498. The van der Waals surface area contributed by atoms with Gasteiger partial charge < -0.3 is 5.32 Å². The van der Waals surface area contributed by atoms with Crippen molar-refractivity contribution in [3.05, 3.63) is 74.4 Å². The van der Waals surface area contributed by atoms with E-state index in [1.165, 1.54) is 18.2 Å². The van der Waals surface area contributed by atoms with E-state index in [0.29, 0.717) is 10.7 Å². The highest BCUT2D eigenvalue weighted by Crippen LogP contribution is 2.31. The van der Waals surface area contributed by atoms with Gasteiger partial charge in [-0.2, -0.15) is 0 Å². The molecule has 25 heavy (non-hydrogen) atoms. The molecule has 1 aliphatic heterocycles. The van der Waals surface area contributed by atoms with E-state index in [0.717, 1.165) is 11.0 Å². The molecule has 0 bridgehead atoms. The lowest BCUT2D eigenvalue weighted by molar-refractivity contribution is -0.384. The van der Waals surface area contributed by atoms with Crippen molar-refractivity contribution in [2.24, 2.45) is 0 Å². The van der Waals surface area contributed by atoms with E-state index >= 15 is 0 Å². The number of nitrogens with zero attached hydrogens (tertiary/aromatic N) is 2. The van der Waals surface area contributed by atoms with Crippen LogP contribution in [0.25, 0.3) is 0 Å². The molecule has 0 aromatic heterocycles. The lowest BCUT2D eigenvalue weighted by atomic mass is 10.2. The van der Waals surface area contributed by atoms with Gasteiger partial charge in [-0.3, -0.25) is 19.7 Å². The summed E-state index contributed by atoms with van der Waals surface area (Å²) in [5.74, 6) is -1.46. The molecule has 1 N–H and O–H groups in total. The fourth-order valence-corrected chi connectivity index (χ4v) is 2.61. The zero-order valence-corrected chi connectivity index (χ0v) is 13.9. The van der Waals surface area contributed by atoms with Crippen molar-refractivity contribution in [2.75, 3.05) is 10.2 Å². The summed E-state index contributed by atoms with van der Waals surface area (Å²) in [4.78, 5) is 36.0. The van der Waals surface area contributed by atoms with Crippen LogP contribution in [0.2, 0.25) is 5.02 Å². The number of nitrogens with one attached hydrogen (secondary N) is 1. The van der Waals surface area contributed by atoms with E-state index in [1.54, 1.807) is 24.3 Å². The molecule has 0 unspecified atom stereocenters. The van der Waals surface area contributed by atoms with Crippen LogP contribution >= 0.6 is 23.2 Å². The van der Waals surface area contributed by atoms with Crippen molar-refractivity contribution >= 4 is 52.1 Å². The van der Waals surface area contributed by atoms with Crippen molar-refractivity contribution in [3.8, 4) is 0 Å². The van der Waals surface area contributed by atoms with Crippen molar-refractivity contribution in [3.63, 3.8) is 0 Å². The number of hydrogen-bond donors (Lipinski definition) is 1. The summed E-state index contributed by atoms with van der Waals surface area (Å²) in [7, 11) is 0. The number of carbonyl (C=O) groups excluding carboxylic acids is 2. The minimum Gasteiger partial charge on any atom is -0.350 e. The van der Waals surface area contributed by atoms with Gasteiger partial charge in [0.05, 0.1) is 10.6 Å². The maximum atomic E-state index is 12.6. The van der Waals surface area contributed by atoms with Gasteiger partial charge in [0.15, 0.2) is 0 Å². The maximum absolute atomic E-state index is 12.6. The number of anilines is 2. The number of amides is 2. The molecule has 2 aromatic rings. The molecule has 0 fully saturated rings. The molecule has 0 saturated carbocycles. The van der Waals surface area contributed by atoms with E-state index in [4.69, 9.17) is 23.2 Å². The molecule has 3 rings (SSSR count). The molecule has 2 aromatic carbocycles. The number of nitro groups is 1. The minimum atomic E-state index is -0.761. The molecule has 2 amide bonds. The van der Waals surface area contributed by atoms with Gasteiger partial charge in [0.1, 0.15) is 10.7 Å². The van der Waals surface area contributed by atoms with Crippen molar-refractivity contribution in [2.45, 2.75) is 0 Å². The number of halogens is 2. The monoisotopic (exact) mass is 377 g/mol. The van der Waals surface area contributed by atoms with Crippen LogP contribution in [0.5, 0.6) is 0 Å². The standard InChI is InChI=1S/C16H9Cl2N3O4/c17-9-4-6-10(7-5-9)19-14-13(18)15(22)20(16(14)23)11-2-1-3-12(8-11)21(24)25/h1-8,19H. The molecule has 0 atom stereocenters. The van der Waals surface area contributed by atoms with Crippen LogP contribution in [0.15, 0.2) is 59.3 Å².